The molecule has 5 nitrogen and oxygen atoms in total. The van der Waals surface area contributed by atoms with Gasteiger partial charge in [-0.25, -0.2) is 0 Å². The summed E-state index contributed by atoms with van der Waals surface area (Å²) < 4.78 is 39.8. The summed E-state index contributed by atoms with van der Waals surface area (Å²) in [6.45, 7) is 21.3. The van der Waals surface area contributed by atoms with Crippen molar-refractivity contribution in [2.75, 3.05) is 52.9 Å². The quantitative estimate of drug-likeness (QED) is 0.0740. The molecule has 0 spiro atoms. The van der Waals surface area contributed by atoms with Gasteiger partial charge < -0.3 is 23.1 Å². The molecule has 1 N–H and O–H groups in total. The third-order valence-electron chi connectivity index (χ3n) is 7.89. The average Bonchev–Trinajstić information content (AvgIpc) is 2.86. The molecule has 0 aromatic heterocycles. The highest BCUT2D eigenvalue weighted by Gasteiger charge is 2.56. The van der Waals surface area contributed by atoms with Crippen LogP contribution in [0, 0.1) is 0 Å². The molecular formula is C33H58FNO4Si. The van der Waals surface area contributed by atoms with Crippen molar-refractivity contribution in [2.24, 2.45) is 0 Å². The monoisotopic (exact) mass is 578 g/mol. The highest BCUT2D eigenvalue weighted by molar-refractivity contribution is 6.90. The van der Waals surface area contributed by atoms with Gasteiger partial charge in [-0.3, -0.25) is 5.32 Å². The normalized spacial score (nSPS) is 18.4. The Bertz CT molecular complexity index is 847. The van der Waals surface area contributed by atoms with Gasteiger partial charge in [-0.2, -0.15) is 0 Å². The average molecular weight is 579 g/mol. The van der Waals surface area contributed by atoms with Crippen LogP contribution in [0.2, 0.25) is 10.1 Å². The molecule has 7 heteroatoms. The van der Waals surface area contributed by atoms with Gasteiger partial charge in [-0.15, -0.1) is 0 Å². The minimum absolute atomic E-state index is 0.173. The van der Waals surface area contributed by atoms with E-state index in [-0.39, 0.29) is 15.5 Å². The lowest BCUT2D eigenvalue weighted by molar-refractivity contribution is 0.000358. The lowest BCUT2D eigenvalue weighted by Gasteiger charge is -2.45. The molecule has 0 saturated heterocycles. The highest BCUT2D eigenvalue weighted by Crippen LogP contribution is 2.51. The summed E-state index contributed by atoms with van der Waals surface area (Å²) in [5, 5.41) is 3.37. The standard InChI is InChI=1S/C33H58FNO4Si/c1-31(2,3)40(34,32(4,5)6)30-18-16-28(17-19-30)33(7,8)26-37-24-22-36-23-25-38-27-35-20-21-39-29-14-12-10-9-11-13-15-29/h9-10,16-19,29,35H,11-15,20-27H2,1-8H3/b10-9+/t29-/m0/s1/i34-1. The largest absolute Gasteiger partial charge is 0.378 e. The molecule has 40 heavy (non-hydrogen) atoms. The maximum Gasteiger partial charge on any atom is 0.288 e. The Morgan fingerprint density at radius 2 is 1.38 bits per heavy atom. The van der Waals surface area contributed by atoms with E-state index in [2.05, 4.69) is 43.4 Å². The molecule has 0 amide bonds. The molecule has 0 saturated carbocycles. The Kier molecular flexibility index (Phi) is 14.5. The molecule has 230 valence electrons. The van der Waals surface area contributed by atoms with Crippen molar-refractivity contribution in [3.8, 4) is 0 Å². The van der Waals surface area contributed by atoms with E-state index in [0.717, 1.165) is 43.2 Å². The summed E-state index contributed by atoms with van der Waals surface area (Å²) >= 11 is 0. The van der Waals surface area contributed by atoms with Gasteiger partial charge in [0.1, 0.15) is 0 Å². The molecule has 0 aliphatic heterocycles. The zero-order valence-corrected chi connectivity index (χ0v) is 27.7. The van der Waals surface area contributed by atoms with Crippen LogP contribution in [-0.4, -0.2) is 67.4 Å². The Morgan fingerprint density at radius 1 is 0.775 bits per heavy atom. The van der Waals surface area contributed by atoms with Gasteiger partial charge in [-0.1, -0.05) is 91.8 Å². The second-order valence-corrected chi connectivity index (χ2v) is 18.7. The lowest BCUT2D eigenvalue weighted by Crippen LogP contribution is -2.57. The van der Waals surface area contributed by atoms with Gasteiger partial charge in [0.15, 0.2) is 0 Å². The summed E-state index contributed by atoms with van der Waals surface area (Å²) in [5.41, 5.74) is 0.984. The van der Waals surface area contributed by atoms with Gasteiger partial charge in [0, 0.05) is 12.0 Å². The number of benzene rings is 1. The number of halogens is 1. The van der Waals surface area contributed by atoms with Gasteiger partial charge in [0.2, 0.25) is 0 Å². The Balaban J connectivity index is 1.57. The fourth-order valence-electron chi connectivity index (χ4n) is 5.70. The van der Waals surface area contributed by atoms with E-state index < -0.39 is 8.41 Å². The first-order valence-corrected chi connectivity index (χ1v) is 17.2. The Morgan fingerprint density at radius 3 is 2.02 bits per heavy atom. The zero-order valence-electron chi connectivity index (χ0n) is 26.7. The van der Waals surface area contributed by atoms with Crippen LogP contribution >= 0.6 is 0 Å². The number of ether oxygens (including phenoxy) is 4. The van der Waals surface area contributed by atoms with E-state index in [1.807, 2.05) is 53.7 Å². The number of allylic oxidation sites excluding steroid dienone is 2. The molecular weight excluding hydrogens is 520 g/mol. The Labute approximate surface area is 245 Å². The van der Waals surface area contributed by atoms with Crippen LogP contribution in [0.1, 0.15) is 93.1 Å². The molecule has 0 radical (unpaired) electrons. The molecule has 0 heterocycles. The van der Waals surface area contributed by atoms with Crippen LogP contribution in [0.3, 0.4) is 0 Å². The van der Waals surface area contributed by atoms with Crippen LogP contribution in [0.15, 0.2) is 36.4 Å². The predicted molar refractivity (Wildman–Crippen MR) is 168 cm³/mol. The zero-order chi connectivity index (χ0) is 29.7. The van der Waals surface area contributed by atoms with Crippen molar-refractivity contribution in [3.05, 3.63) is 42.0 Å². The minimum atomic E-state index is -3.25. The van der Waals surface area contributed by atoms with E-state index in [1.165, 1.54) is 12.8 Å². The van der Waals surface area contributed by atoms with Crippen molar-refractivity contribution >= 4 is 13.6 Å². The lowest BCUT2D eigenvalue weighted by atomic mass is 9.86. The van der Waals surface area contributed by atoms with Gasteiger partial charge >= 0.3 is 0 Å². The van der Waals surface area contributed by atoms with Crippen LogP contribution in [0.25, 0.3) is 0 Å². The smallest absolute Gasteiger partial charge is 0.288 e. The first-order valence-electron chi connectivity index (χ1n) is 15.3. The number of hydrogen-bond acceptors (Lipinski definition) is 5. The number of hydrogen-bond donors (Lipinski definition) is 1. The van der Waals surface area contributed by atoms with Crippen molar-refractivity contribution in [1.82, 2.24) is 5.32 Å². The second-order valence-electron chi connectivity index (χ2n) is 13.8. The topological polar surface area (TPSA) is 49.0 Å². The van der Waals surface area contributed by atoms with Crippen LogP contribution in [0.5, 0.6) is 0 Å². The number of nitrogens with one attached hydrogen (secondary N) is 1. The van der Waals surface area contributed by atoms with Crippen molar-refractivity contribution in [3.63, 3.8) is 0 Å². The SMILES string of the molecule is CC(C)(COCCOCCOCNCCO[C@H]1CC/C=C/CCC1)c1ccc([Si]([18F])(C(C)(C)C)C(C)(C)C)cc1. The highest BCUT2D eigenvalue weighted by atomic mass is 28.4. The molecule has 0 unspecified atom stereocenters. The van der Waals surface area contributed by atoms with Gasteiger partial charge in [-0.05, 0) is 52.9 Å². The van der Waals surface area contributed by atoms with E-state index in [1.54, 1.807) is 0 Å². The summed E-state index contributed by atoms with van der Waals surface area (Å²) in [6, 6.07) is 8.20. The first-order chi connectivity index (χ1) is 18.8. The van der Waals surface area contributed by atoms with Gasteiger partial charge in [0.25, 0.3) is 8.41 Å². The Hall–Kier alpha value is -1.09. The number of rotatable bonds is 16. The van der Waals surface area contributed by atoms with Gasteiger partial charge in [0.05, 0.1) is 52.5 Å². The predicted octanol–water partition coefficient (Wildman–Crippen LogP) is 7.19. The molecule has 2 rings (SSSR count). The third kappa shape index (κ3) is 11.0. The molecule has 1 aliphatic rings. The molecule has 0 fully saturated rings. The fraction of sp³-hybridized carbons (Fsp3) is 0.758. The summed E-state index contributed by atoms with van der Waals surface area (Å²) in [7, 11) is -3.25. The maximum atomic E-state index is 16.6. The molecule has 1 atom stereocenters. The van der Waals surface area contributed by atoms with Crippen LogP contribution in [-0.2, 0) is 24.4 Å². The van der Waals surface area contributed by atoms with Crippen molar-refractivity contribution < 1.29 is 23.1 Å². The third-order valence-corrected chi connectivity index (χ3v) is 13.2. The molecule has 1 aromatic rings. The van der Waals surface area contributed by atoms with Crippen molar-refractivity contribution in [2.45, 2.75) is 109 Å². The molecule has 1 aromatic carbocycles. The fourth-order valence-corrected chi connectivity index (χ4v) is 10.3. The molecule has 1 aliphatic carbocycles. The van der Waals surface area contributed by atoms with E-state index >= 15 is 4.11 Å². The summed E-state index contributed by atoms with van der Waals surface area (Å²) in [6.07, 6.45) is 10.7. The summed E-state index contributed by atoms with van der Waals surface area (Å²) in [5.74, 6) is 0. The van der Waals surface area contributed by atoms with Crippen molar-refractivity contribution in [1.29, 1.82) is 0 Å². The molecule has 0 bridgehead atoms. The van der Waals surface area contributed by atoms with Crippen LogP contribution < -0.4 is 10.5 Å². The minimum Gasteiger partial charge on any atom is -0.378 e. The second kappa shape index (κ2) is 16.5. The first kappa shape index (κ1) is 35.1. The van der Waals surface area contributed by atoms with E-state index in [4.69, 9.17) is 18.9 Å². The van der Waals surface area contributed by atoms with E-state index in [0.29, 0.717) is 45.9 Å². The summed E-state index contributed by atoms with van der Waals surface area (Å²) in [4.78, 5) is 0. The van der Waals surface area contributed by atoms with E-state index in [9.17, 15) is 0 Å². The van der Waals surface area contributed by atoms with Crippen LogP contribution in [0.4, 0.5) is 4.11 Å². The maximum absolute atomic E-state index is 16.6.